The molecule has 0 aliphatic carbocycles. The lowest BCUT2D eigenvalue weighted by molar-refractivity contribution is 0.493. The van der Waals surface area contributed by atoms with E-state index < -0.39 is 14.4 Å². The molecular weight excluding hydrogens is 324 g/mol. The molecule has 6 atom stereocenters. The van der Waals surface area contributed by atoms with E-state index in [2.05, 4.69) is 19.9 Å². The molecule has 4 rings (SSSR count). The summed E-state index contributed by atoms with van der Waals surface area (Å²) in [5, 5.41) is 0.954. The van der Waals surface area contributed by atoms with Crippen LogP contribution in [0.25, 0.3) is 0 Å². The third kappa shape index (κ3) is 1.77. The summed E-state index contributed by atoms with van der Waals surface area (Å²) in [6, 6.07) is 9.88. The van der Waals surface area contributed by atoms with E-state index in [1.165, 1.54) is 11.1 Å². The summed E-state index contributed by atoms with van der Waals surface area (Å²) in [5.41, 5.74) is 2.33. The molecule has 1 saturated heterocycles. The van der Waals surface area contributed by atoms with Crippen LogP contribution in [0, 0.1) is 5.92 Å². The van der Waals surface area contributed by atoms with Crippen molar-refractivity contribution < 1.29 is 9.13 Å². The lowest BCUT2D eigenvalue weighted by Gasteiger charge is -2.31. The zero-order chi connectivity index (χ0) is 16.6. The zero-order valence-corrected chi connectivity index (χ0v) is 15.8. The molecule has 122 valence electrons. The van der Waals surface area contributed by atoms with E-state index in [0.717, 1.165) is 5.30 Å². The molecule has 0 N–H and O–H groups in total. The molecule has 0 spiro atoms. The second-order valence-electron chi connectivity index (χ2n) is 7.30. The molecule has 1 aromatic rings. The summed E-state index contributed by atoms with van der Waals surface area (Å²) < 4.78 is 29.7. The Morgan fingerprint density at radius 3 is 2.26 bits per heavy atom. The maximum absolute atomic E-state index is 14.2. The number of allylic oxidation sites excluding steroid dienone is 3. The Bertz CT molecular complexity index is 825. The maximum atomic E-state index is 14.2. The van der Waals surface area contributed by atoms with E-state index in [1.807, 2.05) is 54.9 Å². The number of hydrogen-bond donors (Lipinski definition) is 0. The lowest BCUT2D eigenvalue weighted by Crippen LogP contribution is -2.31. The molecular formula is C18H23NO2P2. The Kier molecular flexibility index (Phi) is 3.28. The van der Waals surface area contributed by atoms with Gasteiger partial charge in [-0.3, -0.25) is 4.67 Å². The van der Waals surface area contributed by atoms with E-state index in [1.54, 1.807) is 0 Å². The number of hydrogen-bond acceptors (Lipinski definition) is 2. The van der Waals surface area contributed by atoms with Gasteiger partial charge in [-0.2, -0.15) is 0 Å². The number of benzene rings is 1. The minimum absolute atomic E-state index is 0.0164. The first-order valence-electron chi connectivity index (χ1n) is 8.11. The molecule has 0 saturated carbocycles. The topological polar surface area (TPSA) is 37.4 Å². The minimum atomic E-state index is -2.62. The van der Waals surface area contributed by atoms with Crippen LogP contribution < -0.4 is 5.30 Å². The average Bonchev–Trinajstić information content (AvgIpc) is 3.04. The smallest absolute Gasteiger partial charge is 0.175 e. The van der Waals surface area contributed by atoms with Crippen LogP contribution >= 0.6 is 14.4 Å². The molecule has 5 heteroatoms. The van der Waals surface area contributed by atoms with E-state index in [4.69, 9.17) is 0 Å². The van der Waals surface area contributed by atoms with Crippen molar-refractivity contribution in [1.82, 2.24) is 4.67 Å². The molecule has 3 aliphatic rings. The van der Waals surface area contributed by atoms with Crippen LogP contribution in [0.5, 0.6) is 0 Å². The van der Waals surface area contributed by atoms with Crippen molar-refractivity contribution in [3.8, 4) is 0 Å². The summed E-state index contributed by atoms with van der Waals surface area (Å²) in [4.78, 5) is 0. The van der Waals surface area contributed by atoms with Gasteiger partial charge in [0.1, 0.15) is 7.14 Å². The summed E-state index contributed by atoms with van der Waals surface area (Å²) in [7, 11) is -1.45. The van der Waals surface area contributed by atoms with Crippen molar-refractivity contribution in [2.24, 2.45) is 5.92 Å². The normalized spacial score (nSPS) is 44.4. The third-order valence-corrected chi connectivity index (χ3v) is 13.7. The quantitative estimate of drug-likeness (QED) is 0.596. The van der Waals surface area contributed by atoms with Crippen LogP contribution in [-0.2, 0) is 9.13 Å². The molecule has 1 fully saturated rings. The Labute approximate surface area is 138 Å². The lowest BCUT2D eigenvalue weighted by atomic mass is 9.85. The van der Waals surface area contributed by atoms with Crippen LogP contribution in [0.4, 0.5) is 0 Å². The molecule has 0 aromatic heterocycles. The van der Waals surface area contributed by atoms with Gasteiger partial charge in [0.25, 0.3) is 0 Å². The second kappa shape index (κ2) is 4.82. The summed E-state index contributed by atoms with van der Waals surface area (Å²) in [6.07, 6.45) is 2.17. The van der Waals surface area contributed by atoms with Crippen molar-refractivity contribution in [2.45, 2.75) is 30.8 Å². The van der Waals surface area contributed by atoms with Gasteiger partial charge in [0.2, 0.25) is 0 Å². The van der Waals surface area contributed by atoms with Crippen LogP contribution in [0.2, 0.25) is 0 Å². The van der Waals surface area contributed by atoms with Gasteiger partial charge in [0.05, 0.1) is 5.66 Å². The first-order valence-corrected chi connectivity index (χ1v) is 11.8. The van der Waals surface area contributed by atoms with Crippen molar-refractivity contribution in [1.29, 1.82) is 0 Å². The summed E-state index contributed by atoms with van der Waals surface area (Å²) >= 11 is 0. The van der Waals surface area contributed by atoms with E-state index >= 15 is 0 Å². The second-order valence-corrected chi connectivity index (χ2v) is 13.4. The highest BCUT2D eigenvalue weighted by molar-refractivity contribution is 7.76. The van der Waals surface area contributed by atoms with Gasteiger partial charge in [-0.15, -0.1) is 0 Å². The zero-order valence-electron chi connectivity index (χ0n) is 14.0. The Morgan fingerprint density at radius 2 is 1.65 bits per heavy atom. The highest BCUT2D eigenvalue weighted by Crippen LogP contribution is 2.81. The molecule has 3 nitrogen and oxygen atoms in total. The first-order chi connectivity index (χ1) is 10.8. The number of fused-ring (bicyclic) bond motifs is 5. The SMILES string of the molecule is CC1=CP(=O)(N(C)C)[C@H]2[C@@H]1[C@H]1C(C)=C[C@@H]2P1(=O)c1ccccc1. The van der Waals surface area contributed by atoms with Crippen molar-refractivity contribution in [3.05, 3.63) is 53.4 Å². The summed E-state index contributed by atoms with van der Waals surface area (Å²) in [5.74, 6) is 2.16. The fourth-order valence-electron chi connectivity index (χ4n) is 5.02. The predicted octanol–water partition coefficient (Wildman–Crippen LogP) is 4.13. The van der Waals surface area contributed by atoms with Gasteiger partial charge in [0, 0.05) is 22.5 Å². The van der Waals surface area contributed by atoms with Gasteiger partial charge in [-0.1, -0.05) is 47.6 Å². The van der Waals surface area contributed by atoms with E-state index in [-0.39, 0.29) is 22.9 Å². The number of nitrogens with zero attached hydrogens (tertiary/aromatic N) is 1. The van der Waals surface area contributed by atoms with Gasteiger partial charge < -0.3 is 9.13 Å². The van der Waals surface area contributed by atoms with E-state index in [9.17, 15) is 9.13 Å². The Hall–Kier alpha value is -0.880. The minimum Gasteiger partial charge on any atom is -0.317 e. The monoisotopic (exact) mass is 347 g/mol. The summed E-state index contributed by atoms with van der Waals surface area (Å²) in [6.45, 7) is 4.17. The van der Waals surface area contributed by atoms with Gasteiger partial charge in [0.15, 0.2) is 7.29 Å². The third-order valence-electron chi connectivity index (χ3n) is 5.94. The van der Waals surface area contributed by atoms with Gasteiger partial charge >= 0.3 is 0 Å². The van der Waals surface area contributed by atoms with Crippen LogP contribution in [-0.4, -0.2) is 35.7 Å². The molecule has 1 aromatic carbocycles. The maximum Gasteiger partial charge on any atom is 0.175 e. The van der Waals surface area contributed by atoms with Crippen molar-refractivity contribution >= 4 is 19.7 Å². The fraction of sp³-hybridized carbons (Fsp3) is 0.444. The predicted molar refractivity (Wildman–Crippen MR) is 97.3 cm³/mol. The Balaban J connectivity index is 1.93. The van der Waals surface area contributed by atoms with Crippen molar-refractivity contribution in [2.75, 3.05) is 14.1 Å². The van der Waals surface area contributed by atoms with Crippen LogP contribution in [0.15, 0.2) is 53.4 Å². The standard InChI is InChI=1S/C18H23NO2P2/c1-12-10-15-18-16(13(2)11-22(18,20)19(3)4)17(12)23(15,21)14-8-6-5-7-9-14/h5-11,15-18H,1-4H3/t15-,16-,17+,18+,22?,23?/m0/s1. The van der Waals surface area contributed by atoms with Crippen LogP contribution in [0.3, 0.4) is 0 Å². The van der Waals surface area contributed by atoms with Gasteiger partial charge in [-0.05, 0) is 33.8 Å². The van der Waals surface area contributed by atoms with E-state index in [0.29, 0.717) is 0 Å². The fourth-order valence-corrected chi connectivity index (χ4v) is 13.8. The molecule has 2 bridgehead atoms. The molecule has 3 aliphatic heterocycles. The van der Waals surface area contributed by atoms with Crippen LogP contribution in [0.1, 0.15) is 13.8 Å². The highest BCUT2D eigenvalue weighted by Gasteiger charge is 2.68. The molecule has 3 heterocycles. The molecule has 0 radical (unpaired) electrons. The average molecular weight is 347 g/mol. The van der Waals surface area contributed by atoms with Gasteiger partial charge in [-0.25, -0.2) is 0 Å². The molecule has 2 unspecified atom stereocenters. The first kappa shape index (κ1) is 15.6. The Morgan fingerprint density at radius 1 is 1.00 bits per heavy atom. The largest absolute Gasteiger partial charge is 0.317 e. The van der Waals surface area contributed by atoms with Crippen molar-refractivity contribution in [3.63, 3.8) is 0 Å². The molecule has 0 amide bonds. The highest BCUT2D eigenvalue weighted by atomic mass is 31.2. The molecule has 23 heavy (non-hydrogen) atoms. The number of rotatable bonds is 2.